The molecule has 2 aromatic rings. The standard InChI is InChI=1S/C17H17N3O3S/c1-12-19-13(11-24-12)9-17(21)20(6-2-5-18)14-3-4-15-16(10-14)23-8-7-22-15/h3-4,10-11H,2,6-9H2,1H3. The molecular weight excluding hydrogens is 326 g/mol. The van der Waals surface area contributed by atoms with Crippen LogP contribution < -0.4 is 14.4 Å². The van der Waals surface area contributed by atoms with E-state index in [2.05, 4.69) is 11.1 Å². The Kier molecular flexibility index (Phi) is 4.96. The third-order valence-electron chi connectivity index (χ3n) is 3.58. The molecule has 0 spiro atoms. The maximum Gasteiger partial charge on any atom is 0.233 e. The van der Waals surface area contributed by atoms with Gasteiger partial charge in [0.05, 0.1) is 29.6 Å². The lowest BCUT2D eigenvalue weighted by atomic mass is 10.2. The van der Waals surface area contributed by atoms with E-state index in [0.717, 1.165) is 10.7 Å². The van der Waals surface area contributed by atoms with Gasteiger partial charge in [0.2, 0.25) is 5.91 Å². The lowest BCUT2D eigenvalue weighted by Crippen LogP contribution is -2.33. The fraction of sp³-hybridized carbons (Fsp3) is 0.353. The Morgan fingerprint density at radius 3 is 2.88 bits per heavy atom. The van der Waals surface area contributed by atoms with Gasteiger partial charge in [-0.05, 0) is 19.1 Å². The summed E-state index contributed by atoms with van der Waals surface area (Å²) in [6.07, 6.45) is 0.473. The molecule has 1 aliphatic rings. The minimum atomic E-state index is -0.0905. The maximum absolute atomic E-state index is 12.7. The molecule has 0 bridgehead atoms. The van der Waals surface area contributed by atoms with E-state index in [-0.39, 0.29) is 18.7 Å². The van der Waals surface area contributed by atoms with Crippen molar-refractivity contribution in [2.75, 3.05) is 24.7 Å². The predicted molar refractivity (Wildman–Crippen MR) is 90.6 cm³/mol. The zero-order valence-corrected chi connectivity index (χ0v) is 14.1. The molecule has 1 aliphatic heterocycles. The number of fused-ring (bicyclic) bond motifs is 1. The van der Waals surface area contributed by atoms with Crippen molar-refractivity contribution in [3.05, 3.63) is 34.3 Å². The molecule has 0 fully saturated rings. The van der Waals surface area contributed by atoms with E-state index in [0.29, 0.717) is 36.9 Å². The molecule has 2 heterocycles. The zero-order valence-electron chi connectivity index (χ0n) is 13.3. The largest absolute Gasteiger partial charge is 0.486 e. The lowest BCUT2D eigenvalue weighted by molar-refractivity contribution is -0.118. The second-order valence-electron chi connectivity index (χ2n) is 5.32. The van der Waals surface area contributed by atoms with Gasteiger partial charge in [-0.25, -0.2) is 4.98 Å². The van der Waals surface area contributed by atoms with Crippen LogP contribution in [0.25, 0.3) is 0 Å². The van der Waals surface area contributed by atoms with Gasteiger partial charge in [0.1, 0.15) is 13.2 Å². The van der Waals surface area contributed by atoms with E-state index in [1.807, 2.05) is 18.4 Å². The van der Waals surface area contributed by atoms with Gasteiger partial charge in [0.25, 0.3) is 0 Å². The molecule has 124 valence electrons. The minimum absolute atomic E-state index is 0.0905. The van der Waals surface area contributed by atoms with E-state index in [4.69, 9.17) is 14.7 Å². The minimum Gasteiger partial charge on any atom is -0.486 e. The number of thiazole rings is 1. The third-order valence-corrected chi connectivity index (χ3v) is 4.41. The summed E-state index contributed by atoms with van der Waals surface area (Å²) in [6, 6.07) is 7.49. The molecule has 24 heavy (non-hydrogen) atoms. The number of nitrogens with zero attached hydrogens (tertiary/aromatic N) is 3. The molecule has 0 N–H and O–H groups in total. The summed E-state index contributed by atoms with van der Waals surface area (Å²) in [5, 5.41) is 11.7. The SMILES string of the molecule is Cc1nc(CC(=O)N(CCC#N)c2ccc3c(c2)OCCO3)cs1. The quantitative estimate of drug-likeness (QED) is 0.834. The highest BCUT2D eigenvalue weighted by Gasteiger charge is 2.20. The van der Waals surface area contributed by atoms with Crippen molar-refractivity contribution in [3.8, 4) is 17.6 Å². The van der Waals surface area contributed by atoms with Crippen molar-refractivity contribution in [3.63, 3.8) is 0 Å². The van der Waals surface area contributed by atoms with Gasteiger partial charge in [-0.15, -0.1) is 11.3 Å². The molecule has 1 aromatic heterocycles. The van der Waals surface area contributed by atoms with Gasteiger partial charge in [0.15, 0.2) is 11.5 Å². The van der Waals surface area contributed by atoms with Crippen LogP contribution in [0.3, 0.4) is 0 Å². The molecule has 1 amide bonds. The summed E-state index contributed by atoms with van der Waals surface area (Å²) in [6.45, 7) is 3.25. The summed E-state index contributed by atoms with van der Waals surface area (Å²) in [4.78, 5) is 18.7. The smallest absolute Gasteiger partial charge is 0.233 e. The van der Waals surface area contributed by atoms with Crippen LogP contribution in [-0.4, -0.2) is 30.6 Å². The van der Waals surface area contributed by atoms with Crippen molar-refractivity contribution in [2.45, 2.75) is 19.8 Å². The summed E-state index contributed by atoms with van der Waals surface area (Å²) in [5.74, 6) is 1.21. The number of ether oxygens (including phenoxy) is 2. The van der Waals surface area contributed by atoms with Gasteiger partial charge in [-0.3, -0.25) is 4.79 Å². The fourth-order valence-corrected chi connectivity index (χ4v) is 3.11. The van der Waals surface area contributed by atoms with Crippen molar-refractivity contribution in [1.82, 2.24) is 4.98 Å². The molecule has 0 saturated carbocycles. The monoisotopic (exact) mass is 343 g/mol. The average Bonchev–Trinajstić information content (AvgIpc) is 3.00. The van der Waals surface area contributed by atoms with Crippen LogP contribution in [0.2, 0.25) is 0 Å². The van der Waals surface area contributed by atoms with Crippen LogP contribution in [0, 0.1) is 18.3 Å². The Bertz CT molecular complexity index is 782. The molecule has 0 atom stereocenters. The van der Waals surface area contributed by atoms with Gasteiger partial charge in [0, 0.05) is 23.7 Å². The molecule has 3 rings (SSSR count). The number of hydrogen-bond donors (Lipinski definition) is 0. The molecule has 0 aliphatic carbocycles. The number of anilines is 1. The number of amides is 1. The Labute approximate surface area is 144 Å². The number of aryl methyl sites for hydroxylation is 1. The van der Waals surface area contributed by atoms with Crippen LogP contribution >= 0.6 is 11.3 Å². The molecule has 6 nitrogen and oxygen atoms in total. The van der Waals surface area contributed by atoms with Crippen molar-refractivity contribution >= 4 is 22.9 Å². The lowest BCUT2D eigenvalue weighted by Gasteiger charge is -2.24. The predicted octanol–water partition coefficient (Wildman–Crippen LogP) is 2.71. The second kappa shape index (κ2) is 7.32. The van der Waals surface area contributed by atoms with Crippen LogP contribution in [-0.2, 0) is 11.2 Å². The summed E-state index contributed by atoms with van der Waals surface area (Å²) in [5.41, 5.74) is 1.45. The Balaban J connectivity index is 1.82. The van der Waals surface area contributed by atoms with Crippen molar-refractivity contribution in [2.24, 2.45) is 0 Å². The number of rotatable bonds is 5. The van der Waals surface area contributed by atoms with Crippen LogP contribution in [0.4, 0.5) is 5.69 Å². The number of carbonyl (C=O) groups is 1. The van der Waals surface area contributed by atoms with E-state index >= 15 is 0 Å². The van der Waals surface area contributed by atoms with Crippen LogP contribution in [0.1, 0.15) is 17.1 Å². The third kappa shape index (κ3) is 3.66. The first-order chi connectivity index (χ1) is 11.7. The first-order valence-electron chi connectivity index (χ1n) is 7.65. The first kappa shape index (κ1) is 16.3. The Morgan fingerprint density at radius 1 is 1.38 bits per heavy atom. The summed E-state index contributed by atoms with van der Waals surface area (Å²) < 4.78 is 11.1. The number of benzene rings is 1. The maximum atomic E-state index is 12.7. The van der Waals surface area contributed by atoms with E-state index in [9.17, 15) is 4.79 Å². The van der Waals surface area contributed by atoms with Gasteiger partial charge in [-0.2, -0.15) is 5.26 Å². The molecule has 1 aromatic carbocycles. The van der Waals surface area contributed by atoms with E-state index < -0.39 is 0 Å². The van der Waals surface area contributed by atoms with Gasteiger partial charge < -0.3 is 14.4 Å². The van der Waals surface area contributed by atoms with Crippen LogP contribution in [0.15, 0.2) is 23.6 Å². The molecule has 7 heteroatoms. The second-order valence-corrected chi connectivity index (χ2v) is 6.38. The molecule has 0 unspecified atom stereocenters. The highest BCUT2D eigenvalue weighted by molar-refractivity contribution is 7.09. The van der Waals surface area contributed by atoms with Gasteiger partial charge in [-0.1, -0.05) is 0 Å². The Morgan fingerprint density at radius 2 is 2.17 bits per heavy atom. The number of nitriles is 1. The van der Waals surface area contributed by atoms with E-state index in [1.165, 1.54) is 11.3 Å². The Hall–Kier alpha value is -2.59. The highest BCUT2D eigenvalue weighted by Crippen LogP contribution is 2.34. The molecular formula is C17H17N3O3S. The highest BCUT2D eigenvalue weighted by atomic mass is 32.1. The molecule has 0 radical (unpaired) electrons. The van der Waals surface area contributed by atoms with Gasteiger partial charge >= 0.3 is 0 Å². The van der Waals surface area contributed by atoms with Crippen LogP contribution in [0.5, 0.6) is 11.5 Å². The van der Waals surface area contributed by atoms with Crippen molar-refractivity contribution < 1.29 is 14.3 Å². The normalized spacial score (nSPS) is 12.5. The average molecular weight is 343 g/mol. The number of carbonyl (C=O) groups excluding carboxylic acids is 1. The number of aromatic nitrogens is 1. The molecule has 0 saturated heterocycles. The first-order valence-corrected chi connectivity index (χ1v) is 8.53. The zero-order chi connectivity index (χ0) is 16.9. The fourth-order valence-electron chi connectivity index (χ4n) is 2.50. The topological polar surface area (TPSA) is 75.5 Å². The summed E-state index contributed by atoms with van der Waals surface area (Å²) in [7, 11) is 0. The number of hydrogen-bond acceptors (Lipinski definition) is 6. The van der Waals surface area contributed by atoms with E-state index in [1.54, 1.807) is 17.0 Å². The summed E-state index contributed by atoms with van der Waals surface area (Å²) >= 11 is 1.52. The van der Waals surface area contributed by atoms with Crippen molar-refractivity contribution in [1.29, 1.82) is 5.26 Å².